The van der Waals surface area contributed by atoms with Gasteiger partial charge >= 0.3 is 0 Å². The van der Waals surface area contributed by atoms with Gasteiger partial charge in [-0.25, -0.2) is 9.37 Å². The van der Waals surface area contributed by atoms with Crippen LogP contribution in [0.3, 0.4) is 0 Å². The van der Waals surface area contributed by atoms with E-state index in [-0.39, 0.29) is 29.3 Å². The Morgan fingerprint density at radius 1 is 1.11 bits per heavy atom. The summed E-state index contributed by atoms with van der Waals surface area (Å²) in [6, 6.07) is 19.5. The zero-order chi connectivity index (χ0) is 24.4. The number of carbonyl (C=O) groups is 1. The van der Waals surface area contributed by atoms with Gasteiger partial charge in [0, 0.05) is 35.6 Å². The fourth-order valence-electron chi connectivity index (χ4n) is 4.30. The molecule has 2 N–H and O–H groups in total. The van der Waals surface area contributed by atoms with Crippen LogP contribution in [0.4, 0.5) is 4.39 Å². The molecule has 0 saturated carbocycles. The molecule has 0 radical (unpaired) electrons. The predicted octanol–water partition coefficient (Wildman–Crippen LogP) is 3.97. The molecule has 2 aromatic heterocycles. The number of nitrogens with one attached hydrogen (secondary N) is 2. The van der Waals surface area contributed by atoms with Crippen LogP contribution in [-0.4, -0.2) is 34.1 Å². The van der Waals surface area contributed by atoms with Crippen molar-refractivity contribution in [2.45, 2.75) is 12.5 Å². The van der Waals surface area contributed by atoms with Crippen LogP contribution in [0.15, 0.2) is 84.0 Å². The molecule has 176 valence electrons. The Morgan fingerprint density at radius 2 is 1.91 bits per heavy atom. The molecule has 0 fully saturated rings. The number of aromatic nitrogens is 3. The Balaban J connectivity index is 1.39. The van der Waals surface area contributed by atoms with Crippen LogP contribution in [0.25, 0.3) is 21.8 Å². The third-order valence-electron chi connectivity index (χ3n) is 6.12. The van der Waals surface area contributed by atoms with Crippen LogP contribution in [0.5, 0.6) is 5.75 Å². The second kappa shape index (κ2) is 9.42. The highest BCUT2D eigenvalue weighted by Gasteiger charge is 2.20. The standard InChI is InChI=1S/C27H23FN4O3/c1-35-19-9-6-17(7-10-19)22(23-14-29-24-5-3-2-4-20(23)24)13-30-26(33)15-32-16-31-25-12-18(28)8-11-21(25)27(32)34/h2-12,14,16,22,29H,13,15H2,1H3,(H,30,33). The third-order valence-corrected chi connectivity index (χ3v) is 6.12. The molecule has 0 bridgehead atoms. The molecule has 5 aromatic rings. The normalized spacial score (nSPS) is 12.1. The maximum atomic E-state index is 13.4. The number of carbonyl (C=O) groups excluding carboxylic acids is 1. The molecule has 1 atom stereocenters. The average Bonchev–Trinajstić information content (AvgIpc) is 3.30. The molecule has 7 nitrogen and oxygen atoms in total. The highest BCUT2D eigenvalue weighted by molar-refractivity contribution is 5.84. The van der Waals surface area contributed by atoms with E-state index in [9.17, 15) is 14.0 Å². The molecule has 35 heavy (non-hydrogen) atoms. The maximum Gasteiger partial charge on any atom is 0.261 e. The van der Waals surface area contributed by atoms with Crippen molar-refractivity contribution in [3.8, 4) is 5.75 Å². The first-order chi connectivity index (χ1) is 17.0. The van der Waals surface area contributed by atoms with Gasteiger partial charge in [-0.2, -0.15) is 0 Å². The Morgan fingerprint density at radius 3 is 2.71 bits per heavy atom. The lowest BCUT2D eigenvalue weighted by Gasteiger charge is -2.19. The number of amides is 1. The lowest BCUT2D eigenvalue weighted by molar-refractivity contribution is -0.121. The van der Waals surface area contributed by atoms with Crippen LogP contribution < -0.4 is 15.6 Å². The first-order valence-corrected chi connectivity index (χ1v) is 11.1. The van der Waals surface area contributed by atoms with E-state index in [4.69, 9.17) is 4.74 Å². The number of hydrogen-bond acceptors (Lipinski definition) is 4. The minimum Gasteiger partial charge on any atom is -0.497 e. The zero-order valence-electron chi connectivity index (χ0n) is 19.0. The third kappa shape index (κ3) is 4.50. The molecule has 0 saturated heterocycles. The molecule has 2 heterocycles. The number of benzene rings is 3. The van der Waals surface area contributed by atoms with Crippen molar-refractivity contribution in [3.63, 3.8) is 0 Å². The molecule has 1 unspecified atom stereocenters. The number of methoxy groups -OCH3 is 1. The van der Waals surface area contributed by atoms with E-state index in [1.54, 1.807) is 7.11 Å². The first kappa shape index (κ1) is 22.3. The minimum atomic E-state index is -0.471. The lowest BCUT2D eigenvalue weighted by Crippen LogP contribution is -2.35. The van der Waals surface area contributed by atoms with Crippen molar-refractivity contribution in [2.24, 2.45) is 0 Å². The van der Waals surface area contributed by atoms with Gasteiger partial charge in [-0.05, 0) is 41.5 Å². The number of halogens is 1. The quantitative estimate of drug-likeness (QED) is 0.377. The van der Waals surface area contributed by atoms with Gasteiger partial charge in [-0.1, -0.05) is 30.3 Å². The summed E-state index contributed by atoms with van der Waals surface area (Å²) in [7, 11) is 1.62. The molecular formula is C27H23FN4O3. The van der Waals surface area contributed by atoms with E-state index in [1.165, 1.54) is 29.1 Å². The molecule has 8 heteroatoms. The largest absolute Gasteiger partial charge is 0.497 e. The van der Waals surface area contributed by atoms with Gasteiger partial charge in [0.1, 0.15) is 18.1 Å². The number of H-pyrrole nitrogens is 1. The molecule has 5 rings (SSSR count). The maximum absolute atomic E-state index is 13.4. The van der Waals surface area contributed by atoms with E-state index in [2.05, 4.69) is 15.3 Å². The molecule has 1 amide bonds. The van der Waals surface area contributed by atoms with Crippen molar-refractivity contribution in [3.05, 3.63) is 107 Å². The lowest BCUT2D eigenvalue weighted by atomic mass is 9.91. The second-order valence-corrected chi connectivity index (χ2v) is 8.26. The number of para-hydroxylation sites is 1. The van der Waals surface area contributed by atoms with Gasteiger partial charge < -0.3 is 15.0 Å². The first-order valence-electron chi connectivity index (χ1n) is 11.1. The van der Waals surface area contributed by atoms with Gasteiger partial charge in [0.25, 0.3) is 5.56 Å². The Bertz CT molecular complexity index is 1570. The Hall–Kier alpha value is -4.46. The van der Waals surface area contributed by atoms with Crippen molar-refractivity contribution in [1.29, 1.82) is 0 Å². The van der Waals surface area contributed by atoms with Gasteiger partial charge in [0.05, 0.1) is 24.3 Å². The van der Waals surface area contributed by atoms with Crippen LogP contribution in [0.2, 0.25) is 0 Å². The molecule has 0 spiro atoms. The van der Waals surface area contributed by atoms with Crippen molar-refractivity contribution in [1.82, 2.24) is 19.9 Å². The summed E-state index contributed by atoms with van der Waals surface area (Å²) in [6.45, 7) is 0.135. The smallest absolute Gasteiger partial charge is 0.261 e. The Labute approximate surface area is 200 Å². The summed E-state index contributed by atoms with van der Waals surface area (Å²) < 4.78 is 19.9. The zero-order valence-corrected chi connectivity index (χ0v) is 19.0. The summed E-state index contributed by atoms with van der Waals surface area (Å²) in [5.74, 6) is -0.176. The van der Waals surface area contributed by atoms with Gasteiger partial charge in [-0.15, -0.1) is 0 Å². The summed E-state index contributed by atoms with van der Waals surface area (Å²) in [6.07, 6.45) is 3.23. The van der Waals surface area contributed by atoms with Crippen molar-refractivity contribution in [2.75, 3.05) is 13.7 Å². The van der Waals surface area contributed by atoms with Crippen molar-refractivity contribution >= 4 is 27.7 Å². The van der Waals surface area contributed by atoms with Crippen LogP contribution in [0.1, 0.15) is 17.0 Å². The molecule has 0 aliphatic rings. The summed E-state index contributed by atoms with van der Waals surface area (Å²) in [5, 5.41) is 4.30. The number of fused-ring (bicyclic) bond motifs is 2. The summed E-state index contributed by atoms with van der Waals surface area (Å²) >= 11 is 0. The minimum absolute atomic E-state index is 0.129. The van der Waals surface area contributed by atoms with E-state index in [0.29, 0.717) is 6.54 Å². The van der Waals surface area contributed by atoms with Gasteiger partial charge in [0.15, 0.2) is 0 Å². The number of aromatic amines is 1. The van der Waals surface area contributed by atoms with Gasteiger partial charge in [0.2, 0.25) is 5.91 Å². The molecular weight excluding hydrogens is 447 g/mol. The predicted molar refractivity (Wildman–Crippen MR) is 132 cm³/mol. The molecule has 3 aromatic carbocycles. The van der Waals surface area contributed by atoms with Crippen LogP contribution in [-0.2, 0) is 11.3 Å². The highest BCUT2D eigenvalue weighted by Crippen LogP contribution is 2.31. The number of rotatable bonds is 7. The monoisotopic (exact) mass is 470 g/mol. The van der Waals surface area contributed by atoms with E-state index in [1.807, 2.05) is 54.7 Å². The number of hydrogen-bond donors (Lipinski definition) is 2. The van der Waals surface area contributed by atoms with Crippen molar-refractivity contribution < 1.29 is 13.9 Å². The summed E-state index contributed by atoms with van der Waals surface area (Å²) in [5.41, 5.74) is 2.94. The Kier molecular flexibility index (Phi) is 6.01. The number of ether oxygens (including phenoxy) is 1. The van der Waals surface area contributed by atoms with E-state index >= 15 is 0 Å². The van der Waals surface area contributed by atoms with Crippen LogP contribution in [0, 0.1) is 5.82 Å². The van der Waals surface area contributed by atoms with Crippen LogP contribution >= 0.6 is 0 Å². The fraction of sp³-hybridized carbons (Fsp3) is 0.148. The number of nitrogens with zero attached hydrogens (tertiary/aromatic N) is 2. The highest BCUT2D eigenvalue weighted by atomic mass is 19.1. The topological polar surface area (TPSA) is 89.0 Å². The van der Waals surface area contributed by atoms with E-state index in [0.717, 1.165) is 27.8 Å². The molecule has 0 aliphatic carbocycles. The summed E-state index contributed by atoms with van der Waals surface area (Å²) in [4.78, 5) is 33.0. The second-order valence-electron chi connectivity index (χ2n) is 8.26. The SMILES string of the molecule is COc1ccc(C(CNC(=O)Cn2cnc3cc(F)ccc3c2=O)c2c[nH]c3ccccc23)cc1. The average molecular weight is 471 g/mol. The fourth-order valence-corrected chi connectivity index (χ4v) is 4.30. The van der Waals surface area contributed by atoms with Gasteiger partial charge in [-0.3, -0.25) is 14.2 Å². The van der Waals surface area contributed by atoms with E-state index < -0.39 is 11.4 Å². The molecule has 0 aliphatic heterocycles.